The third-order valence-electron chi connectivity index (χ3n) is 4.39. The zero-order valence-electron chi connectivity index (χ0n) is 16.5. The lowest BCUT2D eigenvalue weighted by molar-refractivity contribution is -0.140. The standard InChI is InChI=1S/C21H19F3N4O2S/c1-2-3-11-25-14-9-10-15(16(12-14)13-7-5-4-6-8-13)18(29)27-20-26-17(21(22,23)24)19(28-30)31-20/h4-10,12,25H,2-3,11H2,1H3,(H,26,27,29). The fraction of sp³-hybridized carbons (Fsp3) is 0.238. The van der Waals surface area contributed by atoms with Gasteiger partial charge in [-0.15, -0.1) is 4.91 Å². The number of nitrogens with zero attached hydrogens (tertiary/aromatic N) is 2. The summed E-state index contributed by atoms with van der Waals surface area (Å²) >= 11 is 0.373. The van der Waals surface area contributed by atoms with E-state index in [1.807, 2.05) is 36.4 Å². The molecule has 0 radical (unpaired) electrons. The van der Waals surface area contributed by atoms with E-state index in [-0.39, 0.29) is 10.7 Å². The third kappa shape index (κ3) is 5.46. The Bertz CT molecular complexity index is 1070. The number of benzene rings is 2. The molecule has 0 saturated heterocycles. The lowest BCUT2D eigenvalue weighted by Gasteiger charge is -2.13. The highest BCUT2D eigenvalue weighted by Gasteiger charge is 2.38. The van der Waals surface area contributed by atoms with E-state index in [0.717, 1.165) is 30.6 Å². The van der Waals surface area contributed by atoms with Crippen LogP contribution >= 0.6 is 11.3 Å². The number of rotatable bonds is 8. The Morgan fingerprint density at radius 3 is 2.52 bits per heavy atom. The van der Waals surface area contributed by atoms with Crippen LogP contribution in [0.2, 0.25) is 0 Å². The molecule has 0 saturated carbocycles. The highest BCUT2D eigenvalue weighted by molar-refractivity contribution is 7.19. The van der Waals surface area contributed by atoms with Gasteiger partial charge in [0, 0.05) is 17.8 Å². The SMILES string of the molecule is CCCCNc1ccc(C(=O)Nc2nc(C(F)(F)F)c(N=O)s2)c(-c2ccccc2)c1. The van der Waals surface area contributed by atoms with E-state index in [1.54, 1.807) is 12.1 Å². The summed E-state index contributed by atoms with van der Waals surface area (Å²) in [5.41, 5.74) is 1.06. The number of nitroso groups, excluding NO2 is 1. The van der Waals surface area contributed by atoms with Gasteiger partial charge in [0.1, 0.15) is 0 Å². The van der Waals surface area contributed by atoms with Crippen LogP contribution in [-0.2, 0) is 6.18 Å². The van der Waals surface area contributed by atoms with Crippen molar-refractivity contribution in [3.8, 4) is 11.1 Å². The molecule has 2 N–H and O–H groups in total. The van der Waals surface area contributed by atoms with Gasteiger partial charge >= 0.3 is 6.18 Å². The number of thiazole rings is 1. The van der Waals surface area contributed by atoms with E-state index in [1.165, 1.54) is 0 Å². The highest BCUT2D eigenvalue weighted by Crippen LogP contribution is 2.41. The maximum atomic E-state index is 13.0. The molecule has 1 aromatic heterocycles. The highest BCUT2D eigenvalue weighted by atomic mass is 32.1. The Balaban J connectivity index is 1.93. The predicted octanol–water partition coefficient (Wildman–Crippen LogP) is 6.69. The van der Waals surface area contributed by atoms with Crippen LogP contribution in [0.3, 0.4) is 0 Å². The Hall–Kier alpha value is -3.27. The van der Waals surface area contributed by atoms with Gasteiger partial charge in [0.05, 0.1) is 0 Å². The fourth-order valence-electron chi connectivity index (χ4n) is 2.89. The van der Waals surface area contributed by atoms with Crippen LogP contribution in [0, 0.1) is 4.91 Å². The number of carbonyl (C=O) groups excluding carboxylic acids is 1. The molecule has 0 spiro atoms. The number of nitrogens with one attached hydrogen (secondary N) is 2. The Kier molecular flexibility index (Phi) is 7.01. The summed E-state index contributed by atoms with van der Waals surface area (Å²) < 4.78 is 39.0. The van der Waals surface area contributed by atoms with Crippen molar-refractivity contribution < 1.29 is 18.0 Å². The quantitative estimate of drug-likeness (QED) is 0.297. The van der Waals surface area contributed by atoms with Gasteiger partial charge in [-0.1, -0.05) is 55.0 Å². The smallest absolute Gasteiger partial charge is 0.385 e. The number of alkyl halides is 3. The van der Waals surface area contributed by atoms with Crippen molar-refractivity contribution in [2.24, 2.45) is 5.18 Å². The molecule has 0 aliphatic rings. The molecule has 6 nitrogen and oxygen atoms in total. The molecule has 0 bridgehead atoms. The topological polar surface area (TPSA) is 83.4 Å². The lowest BCUT2D eigenvalue weighted by Crippen LogP contribution is -2.14. The van der Waals surface area contributed by atoms with Crippen LogP contribution in [-0.4, -0.2) is 17.4 Å². The molecule has 0 fully saturated rings. The maximum Gasteiger partial charge on any atom is 0.436 e. The van der Waals surface area contributed by atoms with Crippen molar-refractivity contribution in [2.75, 3.05) is 17.2 Å². The minimum atomic E-state index is -4.84. The molecular weight excluding hydrogens is 429 g/mol. The van der Waals surface area contributed by atoms with Crippen molar-refractivity contribution in [3.05, 3.63) is 64.7 Å². The van der Waals surface area contributed by atoms with Crippen molar-refractivity contribution in [2.45, 2.75) is 25.9 Å². The van der Waals surface area contributed by atoms with E-state index in [4.69, 9.17) is 0 Å². The fourth-order valence-corrected chi connectivity index (χ4v) is 3.65. The molecule has 162 valence electrons. The number of aromatic nitrogens is 1. The molecular formula is C21H19F3N4O2S. The molecule has 31 heavy (non-hydrogen) atoms. The molecule has 2 aromatic carbocycles. The first-order valence-corrected chi connectivity index (χ1v) is 10.3. The second-order valence-corrected chi connectivity index (χ2v) is 7.60. The first-order valence-electron chi connectivity index (χ1n) is 9.49. The van der Waals surface area contributed by atoms with Crippen LogP contribution in [0.25, 0.3) is 11.1 Å². The first kappa shape index (κ1) is 22.4. The molecule has 0 atom stereocenters. The van der Waals surface area contributed by atoms with Gasteiger partial charge in [-0.2, -0.15) is 13.2 Å². The largest absolute Gasteiger partial charge is 0.436 e. The number of amides is 1. The van der Waals surface area contributed by atoms with Crippen molar-refractivity contribution in [3.63, 3.8) is 0 Å². The van der Waals surface area contributed by atoms with Crippen LogP contribution in [0.4, 0.5) is 29.0 Å². The van der Waals surface area contributed by atoms with Crippen LogP contribution < -0.4 is 10.6 Å². The second kappa shape index (κ2) is 9.69. The Morgan fingerprint density at radius 2 is 1.90 bits per heavy atom. The van der Waals surface area contributed by atoms with Crippen molar-refractivity contribution >= 4 is 33.1 Å². The van der Waals surface area contributed by atoms with Crippen molar-refractivity contribution in [1.29, 1.82) is 0 Å². The molecule has 1 amide bonds. The monoisotopic (exact) mass is 448 g/mol. The van der Waals surface area contributed by atoms with E-state index in [2.05, 4.69) is 27.7 Å². The first-order chi connectivity index (χ1) is 14.8. The number of anilines is 2. The third-order valence-corrected chi connectivity index (χ3v) is 5.24. The second-order valence-electron chi connectivity index (χ2n) is 6.62. The number of hydrogen-bond acceptors (Lipinski definition) is 6. The summed E-state index contributed by atoms with van der Waals surface area (Å²) in [7, 11) is 0. The predicted molar refractivity (Wildman–Crippen MR) is 116 cm³/mol. The van der Waals surface area contributed by atoms with Crippen LogP contribution in [0.15, 0.2) is 53.7 Å². The summed E-state index contributed by atoms with van der Waals surface area (Å²) in [6.07, 6.45) is -2.82. The van der Waals surface area contributed by atoms with Gasteiger partial charge in [0.15, 0.2) is 15.8 Å². The van der Waals surface area contributed by atoms with E-state index >= 15 is 0 Å². The normalized spacial score (nSPS) is 11.2. The molecule has 10 heteroatoms. The number of halogens is 3. The van der Waals surface area contributed by atoms with E-state index in [0.29, 0.717) is 16.9 Å². The molecule has 0 aliphatic carbocycles. The van der Waals surface area contributed by atoms with Gasteiger partial charge in [0.2, 0.25) is 0 Å². The average Bonchev–Trinajstić information content (AvgIpc) is 3.18. The van der Waals surface area contributed by atoms with Gasteiger partial charge in [-0.25, -0.2) is 4.98 Å². The minimum absolute atomic E-state index is 0.261. The van der Waals surface area contributed by atoms with Gasteiger partial charge < -0.3 is 5.32 Å². The lowest BCUT2D eigenvalue weighted by atomic mass is 9.98. The summed E-state index contributed by atoms with van der Waals surface area (Å²) in [5.74, 6) is -0.640. The summed E-state index contributed by atoms with van der Waals surface area (Å²) in [5, 5.41) is 6.84. The Labute approximate surface area is 180 Å². The maximum absolute atomic E-state index is 13.0. The average molecular weight is 448 g/mol. The minimum Gasteiger partial charge on any atom is -0.385 e. The molecule has 3 rings (SSSR count). The van der Waals surface area contributed by atoms with Gasteiger partial charge in [0.25, 0.3) is 5.91 Å². The molecule has 0 unspecified atom stereocenters. The van der Waals surface area contributed by atoms with Crippen molar-refractivity contribution in [1.82, 2.24) is 4.98 Å². The summed E-state index contributed by atoms with van der Waals surface area (Å²) in [6, 6.07) is 14.3. The summed E-state index contributed by atoms with van der Waals surface area (Å²) in [4.78, 5) is 27.0. The van der Waals surface area contributed by atoms with Gasteiger partial charge in [-0.3, -0.25) is 10.1 Å². The summed E-state index contributed by atoms with van der Waals surface area (Å²) in [6.45, 7) is 2.86. The van der Waals surface area contributed by atoms with Crippen LogP contribution in [0.5, 0.6) is 0 Å². The zero-order chi connectivity index (χ0) is 22.4. The molecule has 3 aromatic rings. The number of unbranched alkanes of at least 4 members (excludes halogenated alkanes) is 1. The molecule has 1 heterocycles. The zero-order valence-corrected chi connectivity index (χ0v) is 17.3. The number of hydrogen-bond donors (Lipinski definition) is 2. The molecule has 0 aliphatic heterocycles. The van der Waals surface area contributed by atoms with Gasteiger partial charge in [-0.05, 0) is 40.9 Å². The number of carbonyl (C=O) groups is 1. The van der Waals surface area contributed by atoms with E-state index in [9.17, 15) is 22.9 Å². The Morgan fingerprint density at radius 1 is 1.16 bits per heavy atom. The van der Waals surface area contributed by atoms with Crippen LogP contribution in [0.1, 0.15) is 35.8 Å². The van der Waals surface area contributed by atoms with E-state index < -0.39 is 22.8 Å².